The molecule has 1 amide bonds. The first-order chi connectivity index (χ1) is 14.7. The lowest BCUT2D eigenvalue weighted by Gasteiger charge is -2.34. The average molecular weight is 444 g/mol. The van der Waals surface area contributed by atoms with Gasteiger partial charge in [-0.25, -0.2) is 8.42 Å². The topological polar surface area (TPSA) is 134 Å². The maximum Gasteiger partial charge on any atom is 0.272 e. The van der Waals surface area contributed by atoms with Gasteiger partial charge in [-0.05, 0) is 31.2 Å². The smallest absolute Gasteiger partial charge is 0.272 e. The molecule has 0 saturated carbocycles. The third-order valence-corrected chi connectivity index (χ3v) is 6.90. The lowest BCUT2D eigenvalue weighted by Crippen LogP contribution is -2.51. The van der Waals surface area contributed by atoms with E-state index in [-0.39, 0.29) is 54.8 Å². The van der Waals surface area contributed by atoms with Crippen molar-refractivity contribution >= 4 is 21.6 Å². The summed E-state index contributed by atoms with van der Waals surface area (Å²) in [6, 6.07) is 12.1. The normalized spacial score (nSPS) is 14.6. The van der Waals surface area contributed by atoms with E-state index in [1.54, 1.807) is 19.1 Å². The standard InChI is InChI=1S/C20H20N4O6S/c1-15-12-17(6-7-18(15)24(26)27)30-14-20(25)22-8-10-23(11-9-22)31(28,29)19-5-3-2-4-16(19)13-21/h2-7,12H,8-11,14H2,1H3. The monoisotopic (exact) mass is 444 g/mol. The van der Waals surface area contributed by atoms with Gasteiger partial charge in [-0.1, -0.05) is 12.1 Å². The number of carbonyl (C=O) groups excluding carboxylic acids is 1. The van der Waals surface area contributed by atoms with Crippen LogP contribution in [-0.4, -0.2) is 61.2 Å². The van der Waals surface area contributed by atoms with Gasteiger partial charge in [-0.2, -0.15) is 9.57 Å². The Bertz CT molecular complexity index is 1150. The molecule has 0 bridgehead atoms. The molecule has 1 saturated heterocycles. The van der Waals surface area contributed by atoms with Crippen molar-refractivity contribution in [1.82, 2.24) is 9.21 Å². The number of nitrogens with zero attached hydrogens (tertiary/aromatic N) is 4. The number of ether oxygens (including phenoxy) is 1. The molecule has 1 aliphatic rings. The van der Waals surface area contributed by atoms with Crippen molar-refractivity contribution in [2.75, 3.05) is 32.8 Å². The highest BCUT2D eigenvalue weighted by atomic mass is 32.2. The van der Waals surface area contributed by atoms with Gasteiger partial charge < -0.3 is 9.64 Å². The maximum atomic E-state index is 12.9. The summed E-state index contributed by atoms with van der Waals surface area (Å²) in [7, 11) is -3.84. The molecule has 0 aliphatic carbocycles. The highest BCUT2D eigenvalue weighted by molar-refractivity contribution is 7.89. The second kappa shape index (κ2) is 9.11. The van der Waals surface area contributed by atoms with E-state index in [1.165, 1.54) is 39.5 Å². The summed E-state index contributed by atoms with van der Waals surface area (Å²) in [4.78, 5) is 24.3. The number of nitriles is 1. The summed E-state index contributed by atoms with van der Waals surface area (Å²) in [6.45, 7) is 1.90. The molecule has 0 spiro atoms. The van der Waals surface area contributed by atoms with E-state index in [2.05, 4.69) is 0 Å². The first-order valence-electron chi connectivity index (χ1n) is 9.39. The molecule has 0 aromatic heterocycles. The predicted molar refractivity (Wildman–Crippen MR) is 110 cm³/mol. The number of amides is 1. The van der Waals surface area contributed by atoms with Gasteiger partial charge in [-0.3, -0.25) is 14.9 Å². The molecule has 11 heteroatoms. The molecule has 0 unspecified atom stereocenters. The summed E-state index contributed by atoms with van der Waals surface area (Å²) in [6.07, 6.45) is 0. The van der Waals surface area contributed by atoms with Crippen molar-refractivity contribution in [2.45, 2.75) is 11.8 Å². The van der Waals surface area contributed by atoms with E-state index >= 15 is 0 Å². The van der Waals surface area contributed by atoms with Gasteiger partial charge >= 0.3 is 0 Å². The van der Waals surface area contributed by atoms with Crippen LogP contribution in [-0.2, 0) is 14.8 Å². The van der Waals surface area contributed by atoms with Crippen LogP contribution in [0.25, 0.3) is 0 Å². The summed E-state index contributed by atoms with van der Waals surface area (Å²) in [5.41, 5.74) is 0.466. The minimum absolute atomic E-state index is 0.0334. The number of benzene rings is 2. The van der Waals surface area contributed by atoms with E-state index in [0.29, 0.717) is 11.3 Å². The van der Waals surface area contributed by atoms with Gasteiger partial charge in [0, 0.05) is 37.8 Å². The minimum Gasteiger partial charge on any atom is -0.484 e. The maximum absolute atomic E-state index is 12.9. The number of carbonyl (C=O) groups is 1. The van der Waals surface area contributed by atoms with Crippen LogP contribution in [0.15, 0.2) is 47.4 Å². The first kappa shape index (κ1) is 22.2. The zero-order chi connectivity index (χ0) is 22.6. The van der Waals surface area contributed by atoms with Crippen LogP contribution in [0.2, 0.25) is 0 Å². The Balaban J connectivity index is 1.58. The Kier molecular flexibility index (Phi) is 6.53. The Hall–Kier alpha value is -3.49. The number of piperazine rings is 1. The van der Waals surface area contributed by atoms with Crippen molar-refractivity contribution in [3.63, 3.8) is 0 Å². The van der Waals surface area contributed by atoms with Crippen molar-refractivity contribution in [3.8, 4) is 11.8 Å². The molecule has 1 heterocycles. The van der Waals surface area contributed by atoms with Gasteiger partial charge in [0.2, 0.25) is 10.0 Å². The summed E-state index contributed by atoms with van der Waals surface area (Å²) in [5, 5.41) is 20.0. The molecule has 3 rings (SSSR count). The number of nitro groups is 1. The predicted octanol–water partition coefficient (Wildman–Crippen LogP) is 1.69. The zero-order valence-corrected chi connectivity index (χ0v) is 17.5. The fraction of sp³-hybridized carbons (Fsp3) is 0.300. The molecule has 1 aliphatic heterocycles. The van der Waals surface area contributed by atoms with Crippen molar-refractivity contribution in [2.24, 2.45) is 0 Å². The Morgan fingerprint density at radius 2 is 1.87 bits per heavy atom. The minimum atomic E-state index is -3.84. The number of hydrogen-bond donors (Lipinski definition) is 0. The van der Waals surface area contributed by atoms with Crippen LogP contribution in [0.5, 0.6) is 5.75 Å². The molecule has 10 nitrogen and oxygen atoms in total. The van der Waals surface area contributed by atoms with Gasteiger partial charge in [0.05, 0.1) is 15.4 Å². The molecule has 2 aromatic carbocycles. The van der Waals surface area contributed by atoms with Crippen LogP contribution < -0.4 is 4.74 Å². The van der Waals surface area contributed by atoms with Crippen LogP contribution in [0.4, 0.5) is 5.69 Å². The molecule has 31 heavy (non-hydrogen) atoms. The SMILES string of the molecule is Cc1cc(OCC(=O)N2CCN(S(=O)(=O)c3ccccc3C#N)CC2)ccc1[N+](=O)[O-]. The first-order valence-corrected chi connectivity index (χ1v) is 10.8. The Morgan fingerprint density at radius 3 is 2.48 bits per heavy atom. The van der Waals surface area contributed by atoms with Crippen molar-refractivity contribution in [3.05, 3.63) is 63.7 Å². The van der Waals surface area contributed by atoms with E-state index in [1.807, 2.05) is 6.07 Å². The highest BCUT2D eigenvalue weighted by Crippen LogP contribution is 2.24. The quantitative estimate of drug-likeness (QED) is 0.489. The highest BCUT2D eigenvalue weighted by Gasteiger charge is 2.31. The van der Waals surface area contributed by atoms with E-state index in [4.69, 9.17) is 4.74 Å². The summed E-state index contributed by atoms with van der Waals surface area (Å²) in [5.74, 6) is 0.0243. The van der Waals surface area contributed by atoms with Gasteiger partial charge in [-0.15, -0.1) is 0 Å². The third kappa shape index (κ3) is 4.82. The molecule has 162 valence electrons. The number of aryl methyl sites for hydroxylation is 1. The molecule has 2 aromatic rings. The molecule has 0 atom stereocenters. The van der Waals surface area contributed by atoms with Crippen molar-refractivity contribution < 1.29 is 22.9 Å². The van der Waals surface area contributed by atoms with Crippen LogP contribution >= 0.6 is 0 Å². The zero-order valence-electron chi connectivity index (χ0n) is 16.7. The van der Waals surface area contributed by atoms with E-state index in [9.17, 15) is 28.6 Å². The fourth-order valence-electron chi connectivity index (χ4n) is 3.26. The molecule has 0 radical (unpaired) electrons. The number of sulfonamides is 1. The fourth-order valence-corrected chi connectivity index (χ4v) is 4.82. The lowest BCUT2D eigenvalue weighted by molar-refractivity contribution is -0.385. The van der Waals surface area contributed by atoms with Gasteiger partial charge in [0.25, 0.3) is 11.6 Å². The largest absolute Gasteiger partial charge is 0.484 e. The summed E-state index contributed by atoms with van der Waals surface area (Å²) >= 11 is 0. The third-order valence-electron chi connectivity index (χ3n) is 4.94. The molecule has 1 fully saturated rings. The van der Waals surface area contributed by atoms with Crippen LogP contribution in [0.1, 0.15) is 11.1 Å². The average Bonchev–Trinajstić information content (AvgIpc) is 2.77. The second-order valence-electron chi connectivity index (χ2n) is 6.89. The molecular formula is C20H20N4O6S. The van der Waals surface area contributed by atoms with E-state index in [0.717, 1.165) is 0 Å². The Labute approximate surface area is 179 Å². The summed E-state index contributed by atoms with van der Waals surface area (Å²) < 4.78 is 32.4. The molecular weight excluding hydrogens is 424 g/mol. The van der Waals surface area contributed by atoms with Gasteiger partial charge in [0.1, 0.15) is 11.8 Å². The van der Waals surface area contributed by atoms with E-state index < -0.39 is 14.9 Å². The second-order valence-corrected chi connectivity index (χ2v) is 8.79. The number of rotatable bonds is 6. The number of nitro benzene ring substituents is 1. The van der Waals surface area contributed by atoms with Crippen molar-refractivity contribution in [1.29, 1.82) is 5.26 Å². The Morgan fingerprint density at radius 1 is 1.19 bits per heavy atom. The lowest BCUT2D eigenvalue weighted by atomic mass is 10.2. The van der Waals surface area contributed by atoms with Crippen LogP contribution in [0.3, 0.4) is 0 Å². The molecule has 0 N–H and O–H groups in total. The van der Waals surface area contributed by atoms with Crippen LogP contribution in [0, 0.1) is 28.4 Å². The van der Waals surface area contributed by atoms with Gasteiger partial charge in [0.15, 0.2) is 6.61 Å². The number of hydrogen-bond acceptors (Lipinski definition) is 7.